The van der Waals surface area contributed by atoms with Crippen LogP contribution in [0.5, 0.6) is 0 Å². The number of nitrogens with zero attached hydrogens (tertiary/aromatic N) is 4. The average Bonchev–Trinajstić information content (AvgIpc) is 3.03. The van der Waals surface area contributed by atoms with Crippen LogP contribution in [0.2, 0.25) is 0 Å². The molecule has 0 atom stereocenters. The Balaban J connectivity index is 1.39. The second kappa shape index (κ2) is 10.0. The van der Waals surface area contributed by atoms with Crippen LogP contribution in [0.3, 0.4) is 0 Å². The van der Waals surface area contributed by atoms with Crippen LogP contribution in [0.15, 0.2) is 53.6 Å². The van der Waals surface area contributed by atoms with Crippen molar-refractivity contribution in [3.05, 3.63) is 71.0 Å². The molecule has 168 valence electrons. The predicted octanol–water partition coefficient (Wildman–Crippen LogP) is 3.35. The van der Waals surface area contributed by atoms with E-state index >= 15 is 0 Å². The molecule has 32 heavy (non-hydrogen) atoms. The van der Waals surface area contributed by atoms with Gasteiger partial charge < -0.3 is 4.90 Å². The normalized spacial score (nSPS) is 17.8. The van der Waals surface area contributed by atoms with E-state index in [1.165, 1.54) is 28.3 Å². The molecule has 2 aromatic carbocycles. The monoisotopic (exact) mass is 436 g/mol. The minimum Gasteiger partial charge on any atom is -0.336 e. The first-order valence-electron chi connectivity index (χ1n) is 11.2. The molecule has 6 nitrogen and oxygen atoms in total. The molecule has 2 amide bonds. The first-order valence-corrected chi connectivity index (χ1v) is 11.2. The second-order valence-corrected chi connectivity index (χ2v) is 8.47. The fourth-order valence-electron chi connectivity index (χ4n) is 4.18. The van der Waals surface area contributed by atoms with E-state index in [0.29, 0.717) is 25.2 Å². The standard InChI is InChI=1S/C25H29FN4O2/c1-19-5-2-3-6-21(19)18-28-13-4-14-29(16-15-28)25(32)23-11-12-24(31)30(27-23)17-20-7-9-22(26)10-8-20/h2-3,5-10H,4,11-18H2,1H3. The third kappa shape index (κ3) is 5.40. The molecule has 2 aromatic rings. The highest BCUT2D eigenvalue weighted by Gasteiger charge is 2.28. The molecule has 1 fully saturated rings. The quantitative estimate of drug-likeness (QED) is 0.722. The van der Waals surface area contributed by atoms with Crippen molar-refractivity contribution in [3.63, 3.8) is 0 Å². The fourth-order valence-corrected chi connectivity index (χ4v) is 4.18. The number of hydrogen-bond donors (Lipinski definition) is 0. The third-order valence-electron chi connectivity index (χ3n) is 6.13. The molecule has 0 aromatic heterocycles. The van der Waals surface area contributed by atoms with Crippen molar-refractivity contribution < 1.29 is 14.0 Å². The molecule has 0 saturated carbocycles. The maximum atomic E-state index is 13.2. The molecule has 2 heterocycles. The number of hydrogen-bond acceptors (Lipinski definition) is 4. The van der Waals surface area contributed by atoms with Crippen LogP contribution < -0.4 is 0 Å². The van der Waals surface area contributed by atoms with E-state index in [2.05, 4.69) is 41.2 Å². The van der Waals surface area contributed by atoms with E-state index in [1.54, 1.807) is 12.1 Å². The van der Waals surface area contributed by atoms with Gasteiger partial charge in [0.15, 0.2) is 0 Å². The van der Waals surface area contributed by atoms with Gasteiger partial charge in [0.1, 0.15) is 11.5 Å². The predicted molar refractivity (Wildman–Crippen MR) is 121 cm³/mol. The van der Waals surface area contributed by atoms with Gasteiger partial charge >= 0.3 is 0 Å². The Morgan fingerprint density at radius 3 is 2.53 bits per heavy atom. The molecule has 0 unspecified atom stereocenters. The molecule has 2 aliphatic heterocycles. The Morgan fingerprint density at radius 1 is 0.969 bits per heavy atom. The first kappa shape index (κ1) is 22.1. The van der Waals surface area contributed by atoms with Gasteiger partial charge in [-0.1, -0.05) is 36.4 Å². The van der Waals surface area contributed by atoms with Crippen molar-refractivity contribution in [2.24, 2.45) is 5.10 Å². The van der Waals surface area contributed by atoms with E-state index in [-0.39, 0.29) is 30.6 Å². The van der Waals surface area contributed by atoms with Gasteiger partial charge in [0.2, 0.25) is 5.91 Å². The molecule has 0 aliphatic carbocycles. The lowest BCUT2D eigenvalue weighted by atomic mass is 10.1. The average molecular weight is 437 g/mol. The van der Waals surface area contributed by atoms with Crippen LogP contribution in [0.4, 0.5) is 4.39 Å². The van der Waals surface area contributed by atoms with Crippen LogP contribution >= 0.6 is 0 Å². The lowest BCUT2D eigenvalue weighted by Crippen LogP contribution is -2.42. The van der Waals surface area contributed by atoms with Crippen molar-refractivity contribution in [3.8, 4) is 0 Å². The van der Waals surface area contributed by atoms with Gasteiger partial charge in [-0.15, -0.1) is 0 Å². The Morgan fingerprint density at radius 2 is 1.75 bits per heavy atom. The van der Waals surface area contributed by atoms with E-state index in [0.717, 1.165) is 31.6 Å². The number of carbonyl (C=O) groups is 2. The van der Waals surface area contributed by atoms with Gasteiger partial charge in [-0.05, 0) is 42.2 Å². The summed E-state index contributed by atoms with van der Waals surface area (Å²) in [5, 5.41) is 5.73. The summed E-state index contributed by atoms with van der Waals surface area (Å²) < 4.78 is 13.2. The molecule has 0 bridgehead atoms. The van der Waals surface area contributed by atoms with Crippen LogP contribution in [-0.2, 0) is 22.7 Å². The summed E-state index contributed by atoms with van der Waals surface area (Å²) in [6.45, 7) is 6.34. The van der Waals surface area contributed by atoms with Crippen molar-refractivity contribution in [2.45, 2.75) is 39.3 Å². The fraction of sp³-hybridized carbons (Fsp3) is 0.400. The summed E-state index contributed by atoms with van der Waals surface area (Å²) in [6, 6.07) is 14.4. The third-order valence-corrected chi connectivity index (χ3v) is 6.13. The number of halogens is 1. The number of hydrazone groups is 1. The zero-order valence-electron chi connectivity index (χ0n) is 18.5. The SMILES string of the molecule is Cc1ccccc1CN1CCCN(C(=O)C2=NN(Cc3ccc(F)cc3)C(=O)CC2)CC1. The minimum absolute atomic E-state index is 0.0839. The van der Waals surface area contributed by atoms with E-state index < -0.39 is 0 Å². The Hall–Kier alpha value is -3.06. The summed E-state index contributed by atoms with van der Waals surface area (Å²) in [5.74, 6) is -0.527. The number of amides is 2. The van der Waals surface area contributed by atoms with E-state index in [1.807, 2.05) is 4.90 Å². The summed E-state index contributed by atoms with van der Waals surface area (Å²) >= 11 is 0. The minimum atomic E-state index is -0.323. The molecule has 0 radical (unpaired) electrons. The van der Waals surface area contributed by atoms with Gasteiger partial charge in [-0.2, -0.15) is 5.10 Å². The number of rotatable bonds is 5. The van der Waals surface area contributed by atoms with Gasteiger partial charge in [-0.25, -0.2) is 9.40 Å². The van der Waals surface area contributed by atoms with Gasteiger partial charge in [0, 0.05) is 45.6 Å². The van der Waals surface area contributed by atoms with E-state index in [4.69, 9.17) is 0 Å². The van der Waals surface area contributed by atoms with Crippen LogP contribution in [-0.4, -0.2) is 58.5 Å². The van der Waals surface area contributed by atoms with E-state index in [9.17, 15) is 14.0 Å². The second-order valence-electron chi connectivity index (χ2n) is 8.47. The molecular formula is C25H29FN4O2. The van der Waals surface area contributed by atoms with Crippen molar-refractivity contribution in [1.82, 2.24) is 14.8 Å². The maximum Gasteiger partial charge on any atom is 0.270 e. The molecular weight excluding hydrogens is 407 g/mol. The van der Waals surface area contributed by atoms with Crippen LogP contribution in [0.25, 0.3) is 0 Å². The largest absolute Gasteiger partial charge is 0.336 e. The summed E-state index contributed by atoms with van der Waals surface area (Å²) in [7, 11) is 0. The Kier molecular flexibility index (Phi) is 6.95. The smallest absolute Gasteiger partial charge is 0.270 e. The van der Waals surface area contributed by atoms with Gasteiger partial charge in [-0.3, -0.25) is 14.5 Å². The molecule has 0 spiro atoms. The number of aryl methyl sites for hydroxylation is 1. The summed E-state index contributed by atoms with van der Waals surface area (Å²) in [5.41, 5.74) is 3.81. The van der Waals surface area contributed by atoms with Gasteiger partial charge in [0.25, 0.3) is 5.91 Å². The Bertz CT molecular complexity index is 1010. The maximum absolute atomic E-state index is 13.2. The molecule has 1 saturated heterocycles. The molecule has 7 heteroatoms. The van der Waals surface area contributed by atoms with Crippen molar-refractivity contribution in [2.75, 3.05) is 26.2 Å². The molecule has 2 aliphatic rings. The molecule has 4 rings (SSSR count). The number of carbonyl (C=O) groups excluding carboxylic acids is 2. The highest BCUT2D eigenvalue weighted by Crippen LogP contribution is 2.17. The van der Waals surface area contributed by atoms with Crippen LogP contribution in [0.1, 0.15) is 36.0 Å². The summed E-state index contributed by atoms with van der Waals surface area (Å²) in [4.78, 5) is 29.7. The first-order chi connectivity index (χ1) is 15.5. The lowest BCUT2D eigenvalue weighted by Gasteiger charge is -2.27. The van der Waals surface area contributed by atoms with Crippen molar-refractivity contribution >= 4 is 17.5 Å². The number of benzene rings is 2. The highest BCUT2D eigenvalue weighted by molar-refractivity contribution is 6.39. The summed E-state index contributed by atoms with van der Waals surface area (Å²) in [6.07, 6.45) is 1.53. The topological polar surface area (TPSA) is 56.2 Å². The zero-order chi connectivity index (χ0) is 22.5. The zero-order valence-corrected chi connectivity index (χ0v) is 18.5. The van der Waals surface area contributed by atoms with Crippen LogP contribution in [0, 0.1) is 12.7 Å². The Labute approximate surface area is 188 Å². The van der Waals surface area contributed by atoms with Gasteiger partial charge in [0.05, 0.1) is 6.54 Å². The highest BCUT2D eigenvalue weighted by atomic mass is 19.1. The lowest BCUT2D eigenvalue weighted by molar-refractivity contribution is -0.132. The van der Waals surface area contributed by atoms with Crippen molar-refractivity contribution in [1.29, 1.82) is 0 Å². The molecule has 0 N–H and O–H groups in total.